The highest BCUT2D eigenvalue weighted by atomic mass is 19.4. The van der Waals surface area contributed by atoms with Crippen LogP contribution in [0.1, 0.15) is 18.3 Å². The van der Waals surface area contributed by atoms with Crippen molar-refractivity contribution in [2.45, 2.75) is 39.3 Å². The number of aryl methyl sites for hydroxylation is 1. The molecule has 1 aromatic carbocycles. The Hall–Kier alpha value is -3.07. The van der Waals surface area contributed by atoms with Gasteiger partial charge in [0.1, 0.15) is 5.82 Å². The van der Waals surface area contributed by atoms with Crippen LogP contribution in [0.4, 0.5) is 13.2 Å². The van der Waals surface area contributed by atoms with Crippen LogP contribution in [0.3, 0.4) is 0 Å². The molecule has 2 aromatic heterocycles. The first-order chi connectivity index (χ1) is 14.7. The third-order valence-electron chi connectivity index (χ3n) is 5.07. The number of methoxy groups -OCH3 is 1. The Balaban J connectivity index is 1.85. The van der Waals surface area contributed by atoms with Gasteiger partial charge in [-0.3, -0.25) is 4.98 Å². The summed E-state index contributed by atoms with van der Waals surface area (Å²) in [5.41, 5.74) is 4.25. The van der Waals surface area contributed by atoms with Crippen molar-refractivity contribution in [3.8, 4) is 34.1 Å². The van der Waals surface area contributed by atoms with Crippen LogP contribution >= 0.6 is 0 Å². The molecular formula is C22H22F3N3O3. The lowest BCUT2D eigenvalue weighted by atomic mass is 10.1. The predicted octanol–water partition coefficient (Wildman–Crippen LogP) is 4.79. The molecule has 0 saturated heterocycles. The summed E-state index contributed by atoms with van der Waals surface area (Å²) in [6, 6.07) is 8.17. The van der Waals surface area contributed by atoms with Gasteiger partial charge in [-0.05, 0) is 44.2 Å². The van der Waals surface area contributed by atoms with Crippen LogP contribution in [0.2, 0.25) is 0 Å². The van der Waals surface area contributed by atoms with Crippen molar-refractivity contribution in [2.24, 2.45) is 0 Å². The Morgan fingerprint density at radius 1 is 1.13 bits per heavy atom. The second kappa shape index (κ2) is 8.22. The molecule has 0 bridgehead atoms. The molecule has 164 valence electrons. The highest BCUT2D eigenvalue weighted by Crippen LogP contribution is 2.38. The number of hydrogen-bond donors (Lipinski definition) is 0. The van der Waals surface area contributed by atoms with Crippen LogP contribution < -0.4 is 9.47 Å². The maximum Gasteiger partial charge on any atom is 0.573 e. The number of pyridine rings is 1. The van der Waals surface area contributed by atoms with Crippen LogP contribution in [-0.2, 0) is 17.7 Å². The van der Waals surface area contributed by atoms with Gasteiger partial charge in [-0.1, -0.05) is 0 Å². The van der Waals surface area contributed by atoms with Crippen LogP contribution in [0.5, 0.6) is 11.5 Å². The molecule has 3 heterocycles. The second-order valence-electron chi connectivity index (χ2n) is 7.37. The van der Waals surface area contributed by atoms with Crippen molar-refractivity contribution >= 4 is 0 Å². The van der Waals surface area contributed by atoms with Crippen LogP contribution in [0, 0.1) is 6.92 Å². The molecule has 6 nitrogen and oxygen atoms in total. The fraction of sp³-hybridized carbons (Fsp3) is 0.364. The first-order valence-corrected chi connectivity index (χ1v) is 9.83. The van der Waals surface area contributed by atoms with Crippen molar-refractivity contribution < 1.29 is 27.4 Å². The monoisotopic (exact) mass is 433 g/mol. The molecule has 4 rings (SSSR count). The Labute approximate surface area is 177 Å². The third-order valence-corrected chi connectivity index (χ3v) is 5.07. The molecule has 0 amide bonds. The van der Waals surface area contributed by atoms with Crippen LogP contribution in [0.25, 0.3) is 22.6 Å². The normalized spacial score (nSPS) is 16.5. The minimum atomic E-state index is -4.81. The Morgan fingerprint density at radius 2 is 1.94 bits per heavy atom. The number of benzene rings is 1. The number of hydrogen-bond acceptors (Lipinski definition) is 5. The first kappa shape index (κ1) is 21.2. The summed E-state index contributed by atoms with van der Waals surface area (Å²) in [5.74, 6) is 0.211. The number of fused-ring (bicyclic) bond motifs is 1. The molecule has 1 aliphatic rings. The molecule has 31 heavy (non-hydrogen) atoms. The van der Waals surface area contributed by atoms with E-state index in [0.29, 0.717) is 31.0 Å². The van der Waals surface area contributed by atoms with Gasteiger partial charge in [-0.2, -0.15) is 0 Å². The van der Waals surface area contributed by atoms with Crippen molar-refractivity contribution in [2.75, 3.05) is 13.7 Å². The van der Waals surface area contributed by atoms with E-state index >= 15 is 0 Å². The zero-order valence-electron chi connectivity index (χ0n) is 17.4. The lowest BCUT2D eigenvalue weighted by molar-refractivity contribution is -0.275. The summed E-state index contributed by atoms with van der Waals surface area (Å²) in [7, 11) is 1.30. The zero-order chi connectivity index (χ0) is 22.2. The fourth-order valence-electron chi connectivity index (χ4n) is 3.76. The molecule has 0 fully saturated rings. The van der Waals surface area contributed by atoms with Crippen molar-refractivity contribution in [3.63, 3.8) is 0 Å². The van der Waals surface area contributed by atoms with E-state index in [1.165, 1.54) is 19.2 Å². The number of alkyl halides is 3. The van der Waals surface area contributed by atoms with Crippen LogP contribution in [0.15, 0.2) is 36.5 Å². The molecule has 0 spiro atoms. The number of halogens is 3. The first-order valence-electron chi connectivity index (χ1n) is 9.83. The van der Waals surface area contributed by atoms with E-state index in [2.05, 4.69) is 14.3 Å². The summed E-state index contributed by atoms with van der Waals surface area (Å²) in [4.78, 5) is 9.14. The zero-order valence-corrected chi connectivity index (χ0v) is 17.4. The van der Waals surface area contributed by atoms with Gasteiger partial charge < -0.3 is 18.8 Å². The Kier molecular flexibility index (Phi) is 5.62. The maximum absolute atomic E-state index is 12.7. The molecule has 0 aliphatic carbocycles. The van der Waals surface area contributed by atoms with Crippen molar-refractivity contribution in [1.29, 1.82) is 0 Å². The molecule has 3 aromatic rings. The number of rotatable bonds is 4. The largest absolute Gasteiger partial charge is 0.573 e. The number of aromatic nitrogens is 3. The van der Waals surface area contributed by atoms with Gasteiger partial charge in [0.05, 0.1) is 32.1 Å². The van der Waals surface area contributed by atoms with E-state index in [0.717, 1.165) is 22.6 Å². The van der Waals surface area contributed by atoms with E-state index in [1.54, 1.807) is 12.3 Å². The molecule has 0 saturated carbocycles. The van der Waals surface area contributed by atoms with E-state index < -0.39 is 12.1 Å². The fourth-order valence-corrected chi connectivity index (χ4v) is 3.76. The minimum Gasteiger partial charge on any atom is -0.493 e. The topological polar surface area (TPSA) is 58.4 Å². The molecule has 9 heteroatoms. The Morgan fingerprint density at radius 3 is 2.65 bits per heavy atom. The van der Waals surface area contributed by atoms with Crippen LogP contribution in [-0.4, -0.2) is 40.7 Å². The van der Waals surface area contributed by atoms with Gasteiger partial charge in [0.15, 0.2) is 11.5 Å². The lowest BCUT2D eigenvalue weighted by Gasteiger charge is -2.15. The average molecular weight is 433 g/mol. The van der Waals surface area contributed by atoms with E-state index in [4.69, 9.17) is 14.5 Å². The van der Waals surface area contributed by atoms with Gasteiger partial charge >= 0.3 is 6.36 Å². The second-order valence-corrected chi connectivity index (χ2v) is 7.37. The van der Waals surface area contributed by atoms with Gasteiger partial charge in [-0.15, -0.1) is 13.2 Å². The minimum absolute atomic E-state index is 0.0219. The summed E-state index contributed by atoms with van der Waals surface area (Å²) >= 11 is 0. The van der Waals surface area contributed by atoms with E-state index in [9.17, 15) is 13.2 Å². The highest BCUT2D eigenvalue weighted by Gasteiger charge is 2.33. The lowest BCUT2D eigenvalue weighted by Crippen LogP contribution is -2.17. The number of ether oxygens (including phenoxy) is 3. The molecule has 1 atom stereocenters. The van der Waals surface area contributed by atoms with Gasteiger partial charge in [0.2, 0.25) is 0 Å². The standard InChI is InChI=1S/C22H22F3N3O3/c1-13-10-15(6-8-26-13)20-17-7-9-30-14(2)12-28(17)21(27-20)16-4-5-18(19(11-16)29-3)31-22(23,24)25/h4-6,8,10-11,14H,7,9,12H2,1-3H3/t14-/m1/s1. The third kappa shape index (κ3) is 4.51. The highest BCUT2D eigenvalue weighted by molar-refractivity contribution is 5.70. The van der Waals surface area contributed by atoms with Gasteiger partial charge in [0.25, 0.3) is 0 Å². The molecule has 0 unspecified atom stereocenters. The Bertz CT molecular complexity index is 1100. The smallest absolute Gasteiger partial charge is 0.493 e. The average Bonchev–Trinajstić information content (AvgIpc) is 2.94. The predicted molar refractivity (Wildman–Crippen MR) is 108 cm³/mol. The summed E-state index contributed by atoms with van der Waals surface area (Å²) < 4.78 is 55.3. The maximum atomic E-state index is 12.7. The van der Waals surface area contributed by atoms with Crippen molar-refractivity contribution in [1.82, 2.24) is 14.5 Å². The SMILES string of the molecule is COc1cc(-c2nc(-c3ccnc(C)c3)c3n2C[C@@H](C)OCC3)ccc1OC(F)(F)F. The van der Waals surface area contributed by atoms with E-state index in [1.807, 2.05) is 26.0 Å². The summed E-state index contributed by atoms with van der Waals surface area (Å²) in [5, 5.41) is 0. The van der Waals surface area contributed by atoms with Gasteiger partial charge in [0, 0.05) is 35.1 Å². The van der Waals surface area contributed by atoms with E-state index in [-0.39, 0.29) is 11.9 Å². The molecule has 0 radical (unpaired) electrons. The quantitative estimate of drug-likeness (QED) is 0.592. The molecule has 0 N–H and O–H groups in total. The molecule has 1 aliphatic heterocycles. The van der Waals surface area contributed by atoms with Gasteiger partial charge in [-0.25, -0.2) is 4.98 Å². The number of nitrogens with zero attached hydrogens (tertiary/aromatic N) is 3. The number of imidazole rings is 1. The summed E-state index contributed by atoms with van der Waals surface area (Å²) in [6.45, 7) is 5.03. The molecular weight excluding hydrogens is 411 g/mol. The summed E-state index contributed by atoms with van der Waals surface area (Å²) in [6.07, 6.45) is -2.44. The van der Waals surface area contributed by atoms with Crippen molar-refractivity contribution in [3.05, 3.63) is 47.9 Å².